The van der Waals surface area contributed by atoms with E-state index in [0.717, 1.165) is 6.42 Å². The molecule has 2 atom stereocenters. The minimum atomic E-state index is 0.242. The maximum absolute atomic E-state index is 10.4. The molecule has 0 aromatic heterocycles. The third kappa shape index (κ3) is 31.3. The molecule has 2 unspecified atom stereocenters. The minimum Gasteiger partial charge on any atom is -0.323 e. The maximum atomic E-state index is 10.4. The highest BCUT2D eigenvalue weighted by Gasteiger charge is 1.99. The summed E-state index contributed by atoms with van der Waals surface area (Å²) in [4.78, 5) is 10.4. The molecule has 0 radical (unpaired) electrons. The van der Waals surface area contributed by atoms with E-state index in [9.17, 15) is 4.79 Å². The van der Waals surface area contributed by atoms with Gasteiger partial charge in [-0.2, -0.15) is 0 Å². The summed E-state index contributed by atoms with van der Waals surface area (Å²) in [7, 11) is 7.50. The zero-order chi connectivity index (χ0) is 15.0. The first kappa shape index (κ1) is 18.9. The molecule has 4 heteroatoms. The summed E-state index contributed by atoms with van der Waals surface area (Å²) < 4.78 is 6.90. The van der Waals surface area contributed by atoms with Crippen molar-refractivity contribution in [1.82, 2.24) is 16.0 Å². The van der Waals surface area contributed by atoms with Crippen molar-refractivity contribution in [3.8, 4) is 0 Å². The summed E-state index contributed by atoms with van der Waals surface area (Å²) in [5.74, 6) is 0.242. The van der Waals surface area contributed by atoms with Crippen molar-refractivity contribution in [2.24, 2.45) is 0 Å². The van der Waals surface area contributed by atoms with E-state index >= 15 is 0 Å². The van der Waals surface area contributed by atoms with Gasteiger partial charge in [0.05, 0.1) is 0 Å². The molecule has 0 aliphatic rings. The van der Waals surface area contributed by atoms with Crippen molar-refractivity contribution in [1.29, 1.82) is 0 Å². The predicted molar refractivity (Wildman–Crippen MR) is 77.6 cm³/mol. The van der Waals surface area contributed by atoms with Crippen LogP contribution in [0.15, 0.2) is 0 Å². The van der Waals surface area contributed by atoms with Gasteiger partial charge in [-0.1, -0.05) is 6.92 Å². The molecule has 0 saturated heterocycles. The highest BCUT2D eigenvalue weighted by Crippen LogP contribution is 1.88. The topological polar surface area (TPSA) is 53.2 Å². The minimum absolute atomic E-state index is 0.242. The van der Waals surface area contributed by atoms with Crippen LogP contribution in [0, 0.1) is 0 Å². The Bertz CT molecular complexity index is 159. The number of ketones is 1. The number of hydrogen-bond donors (Lipinski definition) is 3. The van der Waals surface area contributed by atoms with E-state index in [1.807, 2.05) is 35.1 Å². The molecule has 4 nitrogen and oxygen atoms in total. The van der Waals surface area contributed by atoms with Crippen LogP contribution >= 0.6 is 0 Å². The second kappa shape index (κ2) is 17.9. The number of hydrogen-bond acceptors (Lipinski definition) is 4. The Morgan fingerprint density at radius 1 is 1.18 bits per heavy atom. The molecule has 106 valence electrons. The molecule has 0 bridgehead atoms. The summed E-state index contributed by atoms with van der Waals surface area (Å²) in [6.07, 6.45) is 1.69. The lowest BCUT2D eigenvalue weighted by atomic mass is 10.2. The van der Waals surface area contributed by atoms with E-state index in [4.69, 9.17) is 1.37 Å². The van der Waals surface area contributed by atoms with Gasteiger partial charge in [0.1, 0.15) is 5.78 Å². The molecule has 0 spiro atoms. The summed E-state index contributed by atoms with van der Waals surface area (Å²) in [5, 5.41) is 8.74. The molecule has 0 aliphatic carbocycles. The average molecular weight is 249 g/mol. The van der Waals surface area contributed by atoms with E-state index < -0.39 is 0 Å². The van der Waals surface area contributed by atoms with Gasteiger partial charge in [0.2, 0.25) is 0 Å². The molecule has 0 fully saturated rings. The number of Topliss-reactive ketones (excluding diaryl/α,β-unsaturated/α-hetero) is 1. The molecular formula is C13H33N3O. The van der Waals surface area contributed by atoms with Gasteiger partial charge in [-0.05, 0) is 55.4 Å². The standard InChI is InChI=1S/C6H13NO.C5H13N.C2H7N/c1-5(7-3)4-6(2)8;1-4-5(2)6-3;1-3-2/h5,7H,4H2,1-3H3;5-6H,4H2,1-3H3;3H,1-2H3/i;2T;. The number of carbonyl (C=O) groups is 1. The lowest BCUT2D eigenvalue weighted by Crippen LogP contribution is -2.23. The first-order valence-electron chi connectivity index (χ1n) is 6.85. The van der Waals surface area contributed by atoms with Gasteiger partial charge in [-0.25, -0.2) is 0 Å². The fourth-order valence-corrected chi connectivity index (χ4v) is 0.737. The fourth-order valence-electron chi connectivity index (χ4n) is 0.737. The lowest BCUT2D eigenvalue weighted by Gasteiger charge is -2.04. The van der Waals surface area contributed by atoms with Crippen LogP contribution < -0.4 is 16.0 Å². The molecule has 0 saturated carbocycles. The molecule has 3 N–H and O–H groups in total. The summed E-state index contributed by atoms with van der Waals surface area (Å²) in [6.45, 7) is 6.16. The zero-order valence-corrected chi connectivity index (χ0v) is 12.7. The quantitative estimate of drug-likeness (QED) is 0.690. The molecule has 0 aromatic rings. The first-order valence-corrected chi connectivity index (χ1v) is 6.14. The molecule has 0 amide bonds. The van der Waals surface area contributed by atoms with Crippen LogP contribution in [-0.2, 0) is 4.79 Å². The van der Waals surface area contributed by atoms with Crippen molar-refractivity contribution in [2.45, 2.75) is 52.6 Å². The van der Waals surface area contributed by atoms with Gasteiger partial charge < -0.3 is 16.0 Å². The van der Waals surface area contributed by atoms with Crippen molar-refractivity contribution in [2.75, 3.05) is 28.2 Å². The Balaban J connectivity index is -0.000000207. The van der Waals surface area contributed by atoms with Crippen LogP contribution in [0.25, 0.3) is 0 Å². The highest BCUT2D eigenvalue weighted by molar-refractivity contribution is 5.76. The molecule has 0 aromatic carbocycles. The Labute approximate surface area is 109 Å². The highest BCUT2D eigenvalue weighted by atomic mass is 16.1. The number of carbonyl (C=O) groups excluding carboxylic acids is 1. The molecule has 0 aliphatic heterocycles. The van der Waals surface area contributed by atoms with Crippen molar-refractivity contribution < 1.29 is 6.17 Å². The van der Waals surface area contributed by atoms with E-state index in [1.54, 1.807) is 6.92 Å². The van der Waals surface area contributed by atoms with Crippen molar-refractivity contribution in [3.63, 3.8) is 0 Å². The molecule has 17 heavy (non-hydrogen) atoms. The summed E-state index contributed by atoms with van der Waals surface area (Å²) >= 11 is 0. The number of nitrogens with one attached hydrogen (secondary N) is 3. The third-order valence-corrected chi connectivity index (χ3v) is 1.99. The Kier molecular flexibility index (Phi) is 19.9. The van der Waals surface area contributed by atoms with Gasteiger partial charge >= 0.3 is 0 Å². The SMILES string of the molecule is CNC.CNC(C)CC(C)=O.[3H]CC(CC)NC. The van der Waals surface area contributed by atoms with E-state index in [1.165, 1.54) is 0 Å². The van der Waals surface area contributed by atoms with E-state index in [-0.39, 0.29) is 5.78 Å². The average Bonchev–Trinajstić information content (AvgIpc) is 2.32. The molecule has 0 rings (SSSR count). The zero-order valence-electron chi connectivity index (χ0n) is 13.7. The van der Waals surface area contributed by atoms with Crippen LogP contribution in [0.2, 0.25) is 0 Å². The van der Waals surface area contributed by atoms with Crippen LogP contribution in [0.3, 0.4) is 0 Å². The van der Waals surface area contributed by atoms with Gasteiger partial charge in [0.25, 0.3) is 0 Å². The van der Waals surface area contributed by atoms with Gasteiger partial charge in [0, 0.05) is 19.9 Å². The summed E-state index contributed by atoms with van der Waals surface area (Å²) in [5.41, 5.74) is 0. The number of rotatable bonds is 5. The van der Waals surface area contributed by atoms with Crippen LogP contribution in [0.5, 0.6) is 0 Å². The molecular weight excluding hydrogens is 214 g/mol. The fraction of sp³-hybridized carbons (Fsp3) is 0.923. The Morgan fingerprint density at radius 2 is 1.59 bits per heavy atom. The van der Waals surface area contributed by atoms with Crippen LogP contribution in [0.1, 0.15) is 41.9 Å². The largest absolute Gasteiger partial charge is 0.323 e. The van der Waals surface area contributed by atoms with E-state index in [0.29, 0.717) is 25.4 Å². The smallest absolute Gasteiger partial charge is 0.131 e. The molecule has 0 heterocycles. The summed E-state index contributed by atoms with van der Waals surface area (Å²) in [6, 6.07) is 0.729. The third-order valence-electron chi connectivity index (χ3n) is 1.99. The first-order chi connectivity index (χ1) is 8.42. The van der Waals surface area contributed by atoms with Crippen molar-refractivity contribution in [3.05, 3.63) is 0 Å². The second-order valence-corrected chi connectivity index (χ2v) is 3.99. The van der Waals surface area contributed by atoms with Crippen LogP contribution in [0.4, 0.5) is 0 Å². The van der Waals surface area contributed by atoms with Gasteiger partial charge in [0.15, 0.2) is 0 Å². The van der Waals surface area contributed by atoms with Crippen molar-refractivity contribution >= 4 is 5.78 Å². The lowest BCUT2D eigenvalue weighted by molar-refractivity contribution is -0.117. The van der Waals surface area contributed by atoms with Gasteiger partial charge in [-0.15, -0.1) is 0 Å². The predicted octanol–water partition coefficient (Wildman–Crippen LogP) is 1.41. The second-order valence-electron chi connectivity index (χ2n) is 3.99. The van der Waals surface area contributed by atoms with Gasteiger partial charge in [-0.3, -0.25) is 4.79 Å². The Morgan fingerprint density at radius 3 is 1.65 bits per heavy atom. The van der Waals surface area contributed by atoms with Crippen LogP contribution in [-0.4, -0.2) is 46.1 Å². The maximum Gasteiger partial charge on any atom is 0.131 e. The van der Waals surface area contributed by atoms with E-state index in [2.05, 4.69) is 22.9 Å². The Hall–Kier alpha value is -0.450. The normalized spacial score (nSPS) is 13.2. The monoisotopic (exact) mass is 249 g/mol.